The molecule has 3 heteroatoms. The van der Waals surface area contributed by atoms with Crippen LogP contribution in [-0.2, 0) is 4.74 Å². The second kappa shape index (κ2) is 4.96. The summed E-state index contributed by atoms with van der Waals surface area (Å²) < 4.78 is 4.56. The lowest BCUT2D eigenvalue weighted by Crippen LogP contribution is -1.82. The first-order chi connectivity index (χ1) is 3.41. The van der Waals surface area contributed by atoms with Gasteiger partial charge in [-0.3, -0.25) is 0 Å². The lowest BCUT2D eigenvalue weighted by molar-refractivity contribution is 0.344. The van der Waals surface area contributed by atoms with Crippen molar-refractivity contribution in [2.45, 2.75) is 6.92 Å². The molecule has 0 aromatic carbocycles. The summed E-state index contributed by atoms with van der Waals surface area (Å²) in [7, 11) is 0. The Morgan fingerprint density at radius 3 is 3.14 bits per heavy atom. The summed E-state index contributed by atoms with van der Waals surface area (Å²) in [6.07, 6.45) is 2.67. The smallest absolute Gasteiger partial charge is 0.208 e. The highest BCUT2D eigenvalue weighted by atomic mass is 16.5. The average Bonchev–Trinajstić information content (AvgIpc) is 1.69. The fourth-order valence-electron chi connectivity index (χ4n) is 0.135. The predicted molar refractivity (Wildman–Crippen MR) is 25.7 cm³/mol. The molecule has 0 saturated carbocycles. The molecule has 0 aliphatic heterocycles. The van der Waals surface area contributed by atoms with E-state index in [0.29, 0.717) is 6.61 Å². The van der Waals surface area contributed by atoms with Gasteiger partial charge in [0.05, 0.1) is 6.61 Å². The molecule has 0 aromatic rings. The molecular weight excluding hydrogens is 94.0 g/mol. The summed E-state index contributed by atoms with van der Waals surface area (Å²) in [4.78, 5) is 3.12. The summed E-state index contributed by atoms with van der Waals surface area (Å²) in [5.41, 5.74) is 0. The number of rotatable bonds is 2. The van der Waals surface area contributed by atoms with Crippen molar-refractivity contribution in [3.8, 4) is 6.19 Å². The minimum Gasteiger partial charge on any atom is -0.483 e. The molecule has 0 fully saturated rings. The second-order valence-corrected chi connectivity index (χ2v) is 0.790. The van der Waals surface area contributed by atoms with Crippen LogP contribution < -0.4 is 0 Å². The Morgan fingerprint density at radius 2 is 2.71 bits per heavy atom. The second-order valence-electron chi connectivity index (χ2n) is 0.790. The van der Waals surface area contributed by atoms with E-state index in [1.165, 1.54) is 0 Å². The molecular formula is C4H6N2O. The van der Waals surface area contributed by atoms with E-state index >= 15 is 0 Å². The Labute approximate surface area is 42.2 Å². The van der Waals surface area contributed by atoms with Crippen molar-refractivity contribution in [2.75, 3.05) is 6.61 Å². The monoisotopic (exact) mass is 100 g/mol. The quantitative estimate of drug-likeness (QED) is 0.288. The van der Waals surface area contributed by atoms with Gasteiger partial charge in [-0.2, -0.15) is 5.26 Å². The molecule has 38 valence electrons. The minimum atomic E-state index is 0.561. The zero-order valence-corrected chi connectivity index (χ0v) is 4.09. The molecule has 0 rings (SSSR count). The van der Waals surface area contributed by atoms with Crippen LogP contribution in [0.5, 0.6) is 0 Å². The van der Waals surface area contributed by atoms with Crippen molar-refractivity contribution < 1.29 is 4.74 Å². The molecule has 0 saturated heterocycles. The number of hydrogen-bond donors (Lipinski definition) is 0. The van der Waals surface area contributed by atoms with Crippen molar-refractivity contribution in [3.63, 3.8) is 0 Å². The van der Waals surface area contributed by atoms with Crippen molar-refractivity contribution in [2.24, 2.45) is 4.99 Å². The molecule has 0 bridgehead atoms. The van der Waals surface area contributed by atoms with Crippen LogP contribution in [0, 0.1) is 11.5 Å². The first-order valence-corrected chi connectivity index (χ1v) is 1.94. The highest BCUT2D eigenvalue weighted by Crippen LogP contribution is 1.63. The van der Waals surface area contributed by atoms with E-state index in [9.17, 15) is 0 Å². The number of nitrogens with zero attached hydrogens (tertiary/aromatic N) is 2. The Kier molecular flexibility index (Phi) is 4.22. The molecule has 0 radical (unpaired) electrons. The zero-order valence-electron chi connectivity index (χ0n) is 4.09. The molecule has 0 heterocycles. The molecule has 0 aliphatic rings. The lowest BCUT2D eigenvalue weighted by Gasteiger charge is -1.84. The van der Waals surface area contributed by atoms with Gasteiger partial charge in [-0.15, -0.1) is 4.99 Å². The van der Waals surface area contributed by atoms with E-state index in [-0.39, 0.29) is 0 Å². The van der Waals surface area contributed by atoms with Crippen LogP contribution in [0.2, 0.25) is 0 Å². The number of nitriles is 1. The van der Waals surface area contributed by atoms with E-state index < -0.39 is 0 Å². The standard InChI is InChI=1S/C4H6N2O/c1-2-7-4-6-3-5/h4H,2H2,1H3/i3+2. The lowest BCUT2D eigenvalue weighted by atomic mass is 10.9. The summed E-state index contributed by atoms with van der Waals surface area (Å²) in [5.74, 6) is 0. The van der Waals surface area contributed by atoms with Gasteiger partial charge < -0.3 is 4.74 Å². The Hall–Kier alpha value is -1.04. The van der Waals surface area contributed by atoms with Crippen LogP contribution >= 0.6 is 0 Å². The van der Waals surface area contributed by atoms with Crippen molar-refractivity contribution in [3.05, 3.63) is 0 Å². The summed E-state index contributed by atoms with van der Waals surface area (Å²) in [6, 6.07) is 0. The third-order valence-electron chi connectivity index (χ3n) is 0.352. The summed E-state index contributed by atoms with van der Waals surface area (Å²) in [6.45, 7) is 2.38. The highest BCUT2D eigenvalue weighted by Gasteiger charge is 1.64. The highest BCUT2D eigenvalue weighted by molar-refractivity contribution is 5.47. The first-order valence-electron chi connectivity index (χ1n) is 1.94. The van der Waals surface area contributed by atoms with Gasteiger partial charge in [0, 0.05) is 0 Å². The fourth-order valence-corrected chi connectivity index (χ4v) is 0.135. The van der Waals surface area contributed by atoms with Crippen molar-refractivity contribution >= 4 is 6.40 Å². The Bertz CT molecular complexity index is 92.4. The molecule has 7 heavy (non-hydrogen) atoms. The Morgan fingerprint density at radius 1 is 2.00 bits per heavy atom. The summed E-state index contributed by atoms with van der Waals surface area (Å²) in [5, 5.41) is 7.76. The number of hydrogen-bond acceptors (Lipinski definition) is 3. The molecule has 0 aromatic heterocycles. The van der Waals surface area contributed by atoms with Gasteiger partial charge in [-0.05, 0) is 6.92 Å². The van der Waals surface area contributed by atoms with Crippen LogP contribution in [0.4, 0.5) is 0 Å². The molecule has 0 unspecified atom stereocenters. The van der Waals surface area contributed by atoms with E-state index in [0.717, 1.165) is 6.40 Å². The van der Waals surface area contributed by atoms with Gasteiger partial charge in [0.25, 0.3) is 0 Å². The molecule has 0 spiro atoms. The fraction of sp³-hybridized carbons (Fsp3) is 0.500. The van der Waals surface area contributed by atoms with Gasteiger partial charge in [0.2, 0.25) is 6.19 Å². The maximum Gasteiger partial charge on any atom is 0.208 e. The number of ether oxygens (including phenoxy) is 1. The zero-order chi connectivity index (χ0) is 5.54. The molecule has 0 aliphatic carbocycles. The van der Waals surface area contributed by atoms with E-state index in [4.69, 9.17) is 5.26 Å². The third kappa shape index (κ3) is 4.96. The van der Waals surface area contributed by atoms with Crippen molar-refractivity contribution in [1.82, 2.24) is 0 Å². The molecule has 0 amide bonds. The van der Waals surface area contributed by atoms with Crippen LogP contribution in [0.3, 0.4) is 0 Å². The minimum absolute atomic E-state index is 0.561. The van der Waals surface area contributed by atoms with E-state index in [1.54, 1.807) is 6.19 Å². The topological polar surface area (TPSA) is 45.4 Å². The maximum atomic E-state index is 7.76. The van der Waals surface area contributed by atoms with Crippen molar-refractivity contribution in [1.29, 1.82) is 5.26 Å². The van der Waals surface area contributed by atoms with Gasteiger partial charge in [-0.1, -0.05) is 0 Å². The first kappa shape index (κ1) is 5.96. The van der Waals surface area contributed by atoms with Crippen LogP contribution in [0.25, 0.3) is 0 Å². The molecule has 0 N–H and O–H groups in total. The largest absolute Gasteiger partial charge is 0.483 e. The van der Waals surface area contributed by atoms with Crippen LogP contribution in [0.15, 0.2) is 4.99 Å². The molecule has 0 atom stereocenters. The SMILES string of the molecule is CCOC=N[14C]#N. The van der Waals surface area contributed by atoms with Crippen LogP contribution in [-0.4, -0.2) is 13.0 Å². The van der Waals surface area contributed by atoms with Gasteiger partial charge in [-0.25, -0.2) is 0 Å². The summed E-state index contributed by atoms with van der Waals surface area (Å²) >= 11 is 0. The Balaban J connectivity index is 2.97. The van der Waals surface area contributed by atoms with Gasteiger partial charge in [0.1, 0.15) is 0 Å². The molecule has 3 nitrogen and oxygen atoms in total. The maximum absolute atomic E-state index is 7.76. The predicted octanol–water partition coefficient (Wildman–Crippen LogP) is 0.532. The van der Waals surface area contributed by atoms with E-state index in [2.05, 4.69) is 9.73 Å². The van der Waals surface area contributed by atoms with Gasteiger partial charge in [0.15, 0.2) is 6.40 Å². The van der Waals surface area contributed by atoms with Crippen LogP contribution in [0.1, 0.15) is 6.92 Å². The van der Waals surface area contributed by atoms with Gasteiger partial charge >= 0.3 is 0 Å². The normalized spacial score (nSPS) is 8.57. The number of aliphatic imine (C=N–C) groups is 1. The third-order valence-corrected chi connectivity index (χ3v) is 0.352. The van der Waals surface area contributed by atoms with E-state index in [1.807, 2.05) is 6.92 Å². The average molecular weight is 100 g/mol.